The number of rotatable bonds is 5. The van der Waals surface area contributed by atoms with Gasteiger partial charge in [-0.2, -0.15) is 13.2 Å². The van der Waals surface area contributed by atoms with Crippen LogP contribution in [0.2, 0.25) is 0 Å². The number of nitrogens with zero attached hydrogens (tertiary/aromatic N) is 3. The maximum atomic E-state index is 13.5. The second-order valence-corrected chi connectivity index (χ2v) is 8.89. The van der Waals surface area contributed by atoms with E-state index in [1.165, 1.54) is 18.5 Å². The molecule has 1 amide bonds. The number of hydrogen-bond acceptors (Lipinski definition) is 8. The number of amides is 1. The summed E-state index contributed by atoms with van der Waals surface area (Å²) in [6, 6.07) is 8.91. The highest BCUT2D eigenvalue weighted by Crippen LogP contribution is 2.37. The number of anilines is 2. The molecule has 0 unspecified atom stereocenters. The SMILES string of the molecule is C[C@H]1CC[C@@H](C(=O)Nc2cc(C(F)(F)F)ccc2-c2cc(Oc3cccc4[nH]c(=O)c(N)nc34)ncn2)N1. The number of ether oxygens (including phenoxy) is 1. The summed E-state index contributed by atoms with van der Waals surface area (Å²) in [7, 11) is 0. The molecule has 5 N–H and O–H groups in total. The van der Waals surface area contributed by atoms with Crippen LogP contribution in [0.25, 0.3) is 22.3 Å². The molecule has 0 radical (unpaired) electrons. The molecule has 10 nitrogen and oxygen atoms in total. The van der Waals surface area contributed by atoms with Crippen molar-refractivity contribution in [3.8, 4) is 22.9 Å². The zero-order valence-corrected chi connectivity index (χ0v) is 20.0. The summed E-state index contributed by atoms with van der Waals surface area (Å²) in [6.45, 7) is 1.93. The van der Waals surface area contributed by atoms with Crippen LogP contribution in [-0.4, -0.2) is 37.9 Å². The molecule has 0 spiro atoms. The fourth-order valence-electron chi connectivity index (χ4n) is 4.23. The number of fused-ring (bicyclic) bond motifs is 1. The lowest BCUT2D eigenvalue weighted by Crippen LogP contribution is -2.38. The van der Waals surface area contributed by atoms with Gasteiger partial charge in [-0.1, -0.05) is 12.1 Å². The summed E-state index contributed by atoms with van der Waals surface area (Å²) >= 11 is 0. The molecule has 0 bridgehead atoms. The monoisotopic (exact) mass is 525 g/mol. The lowest BCUT2D eigenvalue weighted by molar-refractivity contribution is -0.137. The van der Waals surface area contributed by atoms with Crippen molar-refractivity contribution in [3.05, 3.63) is 64.7 Å². The predicted molar refractivity (Wildman–Crippen MR) is 134 cm³/mol. The number of benzene rings is 2. The topological polar surface area (TPSA) is 148 Å². The lowest BCUT2D eigenvalue weighted by Gasteiger charge is -2.17. The van der Waals surface area contributed by atoms with Crippen molar-refractivity contribution in [1.82, 2.24) is 25.3 Å². The molecule has 0 aliphatic carbocycles. The van der Waals surface area contributed by atoms with E-state index < -0.39 is 29.2 Å². The second kappa shape index (κ2) is 9.74. The molecule has 1 fully saturated rings. The first-order valence-corrected chi connectivity index (χ1v) is 11.7. The Balaban J connectivity index is 1.50. The minimum atomic E-state index is -4.61. The normalized spacial score (nSPS) is 17.5. The van der Waals surface area contributed by atoms with Gasteiger partial charge in [0.15, 0.2) is 11.6 Å². The largest absolute Gasteiger partial charge is 0.437 e. The maximum Gasteiger partial charge on any atom is 0.416 e. The molecule has 2 aromatic carbocycles. The predicted octanol–water partition coefficient (Wildman–Crippen LogP) is 3.85. The van der Waals surface area contributed by atoms with Gasteiger partial charge < -0.3 is 26.1 Å². The number of para-hydroxylation sites is 1. The van der Waals surface area contributed by atoms with Crippen molar-refractivity contribution in [2.45, 2.75) is 38.0 Å². The van der Waals surface area contributed by atoms with Crippen molar-refractivity contribution in [1.29, 1.82) is 0 Å². The van der Waals surface area contributed by atoms with Crippen LogP contribution in [0.15, 0.2) is 53.6 Å². The zero-order valence-electron chi connectivity index (χ0n) is 20.0. The third-order valence-corrected chi connectivity index (χ3v) is 6.14. The van der Waals surface area contributed by atoms with Gasteiger partial charge in [-0.25, -0.2) is 15.0 Å². The summed E-state index contributed by atoms with van der Waals surface area (Å²) in [5, 5.41) is 5.75. The van der Waals surface area contributed by atoms with Crippen molar-refractivity contribution >= 4 is 28.4 Å². The molecule has 1 saturated heterocycles. The summed E-state index contributed by atoms with van der Waals surface area (Å²) < 4.78 is 46.3. The summed E-state index contributed by atoms with van der Waals surface area (Å²) in [4.78, 5) is 39.6. The highest BCUT2D eigenvalue weighted by Gasteiger charge is 2.32. The Morgan fingerprint density at radius 3 is 2.71 bits per heavy atom. The maximum absolute atomic E-state index is 13.5. The first-order valence-electron chi connectivity index (χ1n) is 11.7. The van der Waals surface area contributed by atoms with Crippen LogP contribution >= 0.6 is 0 Å². The quantitative estimate of drug-likeness (QED) is 0.307. The first kappa shape index (κ1) is 25.1. The number of alkyl halides is 3. The number of aromatic nitrogens is 4. The Hall–Kier alpha value is -4.52. The molecule has 3 heterocycles. The summed E-state index contributed by atoms with van der Waals surface area (Å²) in [5.41, 5.74) is 5.27. The van der Waals surface area contributed by atoms with Gasteiger partial charge in [0.25, 0.3) is 5.56 Å². The summed E-state index contributed by atoms with van der Waals surface area (Å²) in [6.07, 6.45) is -2.07. The van der Waals surface area contributed by atoms with E-state index in [2.05, 4.69) is 30.6 Å². The molecular formula is C25H22F3N7O3. The standard InChI is InChI=1S/C25H22F3N7O3/c1-12-5-8-16(32-12)23(36)34-18-9-13(25(26,27)28)6-7-14(18)17-10-20(31-11-30-17)38-19-4-2-3-15-21(19)35-22(29)24(37)33-15/h2-4,6-7,9-12,16,32H,5,8H2,1H3,(H2,29,35)(H,33,37)(H,34,36)/t12-,16-/m0/s1. The highest BCUT2D eigenvalue weighted by molar-refractivity contribution is 5.98. The molecule has 1 aliphatic heterocycles. The Bertz CT molecular complexity index is 1590. The highest BCUT2D eigenvalue weighted by atomic mass is 19.4. The van der Waals surface area contributed by atoms with E-state index >= 15 is 0 Å². The van der Waals surface area contributed by atoms with Crippen molar-refractivity contribution in [2.24, 2.45) is 0 Å². The van der Waals surface area contributed by atoms with E-state index in [9.17, 15) is 22.8 Å². The minimum Gasteiger partial charge on any atom is -0.437 e. The van der Waals surface area contributed by atoms with Crippen LogP contribution in [0.3, 0.4) is 0 Å². The lowest BCUT2D eigenvalue weighted by atomic mass is 10.0. The molecule has 38 heavy (non-hydrogen) atoms. The smallest absolute Gasteiger partial charge is 0.416 e. The summed E-state index contributed by atoms with van der Waals surface area (Å²) in [5.74, 6) is -0.392. The van der Waals surface area contributed by atoms with Gasteiger partial charge in [-0.15, -0.1) is 0 Å². The van der Waals surface area contributed by atoms with Gasteiger partial charge in [0.1, 0.15) is 11.8 Å². The first-order chi connectivity index (χ1) is 18.1. The van der Waals surface area contributed by atoms with Crippen LogP contribution in [-0.2, 0) is 11.0 Å². The van der Waals surface area contributed by atoms with E-state index in [4.69, 9.17) is 10.5 Å². The number of carbonyl (C=O) groups is 1. The molecule has 2 aromatic heterocycles. The number of carbonyl (C=O) groups excluding carboxylic acids is 1. The van der Waals surface area contributed by atoms with Crippen molar-refractivity contribution in [2.75, 3.05) is 11.1 Å². The molecule has 4 aromatic rings. The number of hydrogen-bond donors (Lipinski definition) is 4. The van der Waals surface area contributed by atoms with Gasteiger partial charge in [0, 0.05) is 17.7 Å². The van der Waals surface area contributed by atoms with Crippen molar-refractivity contribution < 1.29 is 22.7 Å². The van der Waals surface area contributed by atoms with Crippen LogP contribution in [0.1, 0.15) is 25.3 Å². The molecular weight excluding hydrogens is 503 g/mol. The molecule has 13 heteroatoms. The van der Waals surface area contributed by atoms with E-state index in [0.29, 0.717) is 11.9 Å². The fourth-order valence-corrected chi connectivity index (χ4v) is 4.23. The number of aromatic amines is 1. The molecule has 5 rings (SSSR count). The van der Waals surface area contributed by atoms with Crippen LogP contribution in [0.4, 0.5) is 24.7 Å². The average molecular weight is 525 g/mol. The molecule has 2 atom stereocenters. The third kappa shape index (κ3) is 5.13. The van der Waals surface area contributed by atoms with E-state index in [-0.39, 0.29) is 46.0 Å². The Morgan fingerprint density at radius 1 is 1.16 bits per heavy atom. The van der Waals surface area contributed by atoms with Gasteiger partial charge in [0.05, 0.1) is 28.5 Å². The van der Waals surface area contributed by atoms with Crippen LogP contribution in [0, 0.1) is 0 Å². The number of nitrogen functional groups attached to an aromatic ring is 1. The molecule has 196 valence electrons. The van der Waals surface area contributed by atoms with E-state index in [0.717, 1.165) is 18.6 Å². The average Bonchev–Trinajstić information content (AvgIpc) is 3.31. The number of nitrogens with one attached hydrogen (secondary N) is 3. The van der Waals surface area contributed by atoms with E-state index in [1.54, 1.807) is 18.2 Å². The van der Waals surface area contributed by atoms with Crippen LogP contribution < -0.4 is 26.7 Å². The second-order valence-electron chi connectivity index (χ2n) is 8.89. The molecule has 0 saturated carbocycles. The van der Waals surface area contributed by atoms with Gasteiger partial charge >= 0.3 is 6.18 Å². The number of H-pyrrole nitrogens is 1. The third-order valence-electron chi connectivity index (χ3n) is 6.14. The molecule has 1 aliphatic rings. The van der Waals surface area contributed by atoms with Crippen molar-refractivity contribution in [3.63, 3.8) is 0 Å². The van der Waals surface area contributed by atoms with Gasteiger partial charge in [-0.05, 0) is 44.0 Å². The minimum absolute atomic E-state index is 0.0481. The van der Waals surface area contributed by atoms with E-state index in [1.807, 2.05) is 6.92 Å². The van der Waals surface area contributed by atoms with Gasteiger partial charge in [0.2, 0.25) is 11.8 Å². The zero-order chi connectivity index (χ0) is 27.0. The fraction of sp³-hybridized carbons (Fsp3) is 0.240. The van der Waals surface area contributed by atoms with Gasteiger partial charge in [-0.3, -0.25) is 9.59 Å². The number of nitrogens with two attached hydrogens (primary N) is 1. The Labute approximate surface area is 213 Å². The Kier molecular flexibility index (Phi) is 6.45. The Morgan fingerprint density at radius 2 is 1.97 bits per heavy atom. The number of halogens is 3. The van der Waals surface area contributed by atoms with Crippen LogP contribution in [0.5, 0.6) is 11.6 Å².